The van der Waals surface area contributed by atoms with Crippen LogP contribution in [0.3, 0.4) is 0 Å². The first kappa shape index (κ1) is 40.6. The summed E-state index contributed by atoms with van der Waals surface area (Å²) in [6, 6.07) is 1.41. The molecular weight excluding hydrogens is 782 g/mol. The molecule has 3 N–H and O–H groups in total. The van der Waals surface area contributed by atoms with Crippen LogP contribution in [0.2, 0.25) is 0 Å². The van der Waals surface area contributed by atoms with Gasteiger partial charge in [0.25, 0.3) is 5.91 Å². The molecule has 0 radical (unpaired) electrons. The minimum Gasteiger partial charge on any atom is -0.471 e. The van der Waals surface area contributed by atoms with Gasteiger partial charge in [0.05, 0.1) is 28.2 Å². The van der Waals surface area contributed by atoms with Crippen LogP contribution < -0.4 is 20.1 Å². The maximum Gasteiger partial charge on any atom is 0.408 e. The number of ether oxygens (including phenoxy) is 2. The van der Waals surface area contributed by atoms with Gasteiger partial charge in [0.2, 0.25) is 34.1 Å². The van der Waals surface area contributed by atoms with Gasteiger partial charge in [-0.05, 0) is 93.6 Å². The molecule has 5 fully saturated rings. The molecule has 4 aliphatic carbocycles. The number of nitrogens with one attached hydrogen (secondary N) is 3. The summed E-state index contributed by atoms with van der Waals surface area (Å²) in [6.45, 7) is 6.43. The number of aromatic nitrogens is 2. The highest BCUT2D eigenvalue weighted by molar-refractivity contribution is 7.91. The maximum atomic E-state index is 14.7. The molecule has 3 heterocycles. The van der Waals surface area contributed by atoms with E-state index in [-0.39, 0.29) is 49.2 Å². The summed E-state index contributed by atoms with van der Waals surface area (Å²) in [6.07, 6.45) is 0.428. The van der Waals surface area contributed by atoms with Gasteiger partial charge in [0, 0.05) is 12.5 Å². The molecule has 0 spiro atoms. The number of rotatable bonds is 6. The zero-order valence-electron chi connectivity index (χ0n) is 33.1. The molecule has 1 unspecified atom stereocenters. The second-order valence-electron chi connectivity index (χ2n) is 18.6. The van der Waals surface area contributed by atoms with Crippen molar-refractivity contribution in [2.24, 2.45) is 29.1 Å². The molecule has 1 aromatic heterocycles. The second-order valence-corrected chi connectivity index (χ2v) is 20.8. The highest BCUT2D eigenvalue weighted by Gasteiger charge is 2.67. The fourth-order valence-corrected chi connectivity index (χ4v) is 10.6. The molecular formula is C40H51F3N6O8S. The van der Waals surface area contributed by atoms with Crippen molar-refractivity contribution in [3.8, 4) is 5.88 Å². The fraction of sp³-hybridized carbons (Fsp3) is 0.700. The van der Waals surface area contributed by atoms with E-state index < -0.39 is 92.3 Å². The monoisotopic (exact) mass is 832 g/mol. The number of fused-ring (bicyclic) bond motifs is 7. The van der Waals surface area contributed by atoms with Crippen LogP contribution in [0.1, 0.15) is 97.6 Å². The van der Waals surface area contributed by atoms with Crippen molar-refractivity contribution in [2.45, 2.75) is 139 Å². The Morgan fingerprint density at radius 3 is 2.47 bits per heavy atom. The minimum absolute atomic E-state index is 0.0954. The number of sulfonamides is 1. The van der Waals surface area contributed by atoms with Crippen LogP contribution in [0.15, 0.2) is 18.2 Å². The van der Waals surface area contributed by atoms with Crippen LogP contribution >= 0.6 is 0 Å². The Morgan fingerprint density at radius 2 is 1.78 bits per heavy atom. The summed E-state index contributed by atoms with van der Waals surface area (Å²) in [5.74, 6) is -3.89. The van der Waals surface area contributed by atoms with Gasteiger partial charge in [-0.25, -0.2) is 36.4 Å². The third kappa shape index (κ3) is 7.69. The van der Waals surface area contributed by atoms with E-state index in [0.717, 1.165) is 38.5 Å². The number of halogens is 3. The van der Waals surface area contributed by atoms with Crippen molar-refractivity contribution in [1.82, 2.24) is 30.2 Å². The topological polar surface area (TPSA) is 186 Å². The number of alkyl carbamates (subject to hydrolysis) is 1. The zero-order valence-corrected chi connectivity index (χ0v) is 33.9. The number of hydrogen-bond donors (Lipinski definition) is 3. The normalized spacial score (nSPS) is 33.3. The molecule has 58 heavy (non-hydrogen) atoms. The molecule has 18 heteroatoms. The number of benzene rings is 1. The van der Waals surface area contributed by atoms with Gasteiger partial charge in [0.1, 0.15) is 41.3 Å². The van der Waals surface area contributed by atoms with Crippen LogP contribution in [0.25, 0.3) is 11.0 Å². The summed E-state index contributed by atoms with van der Waals surface area (Å²) in [5, 5.41) is 5.20. The van der Waals surface area contributed by atoms with Crippen LogP contribution in [0, 0.1) is 34.9 Å². The number of carbonyl (C=O) groups excluding carboxylic acids is 4. The quantitative estimate of drug-likeness (QED) is 0.374. The first-order valence-electron chi connectivity index (χ1n) is 20.4. The molecule has 316 valence electrons. The lowest BCUT2D eigenvalue weighted by molar-refractivity contribution is -0.143. The predicted molar refractivity (Wildman–Crippen MR) is 202 cm³/mol. The smallest absolute Gasteiger partial charge is 0.408 e. The molecule has 4 amide bonds. The Morgan fingerprint density at radius 1 is 1.02 bits per heavy atom. The van der Waals surface area contributed by atoms with E-state index in [1.807, 2.05) is 4.72 Å². The highest BCUT2D eigenvalue weighted by atomic mass is 32.2. The van der Waals surface area contributed by atoms with Gasteiger partial charge >= 0.3 is 6.09 Å². The Bertz CT molecular complexity index is 2130. The van der Waals surface area contributed by atoms with Crippen molar-refractivity contribution in [3.05, 3.63) is 29.7 Å². The number of amides is 4. The van der Waals surface area contributed by atoms with Crippen molar-refractivity contribution >= 4 is 44.9 Å². The average Bonchev–Trinajstić information content (AvgIpc) is 4.10. The maximum absolute atomic E-state index is 14.7. The highest BCUT2D eigenvalue weighted by Crippen LogP contribution is 2.58. The van der Waals surface area contributed by atoms with E-state index in [1.165, 1.54) is 30.0 Å². The van der Waals surface area contributed by atoms with Gasteiger partial charge in [-0.15, -0.1) is 0 Å². The number of hydrogen-bond acceptors (Lipinski definition) is 10. The molecule has 6 aliphatic rings. The molecule has 8 rings (SSSR count). The van der Waals surface area contributed by atoms with Gasteiger partial charge in [-0.1, -0.05) is 33.6 Å². The van der Waals surface area contributed by atoms with E-state index in [2.05, 4.69) is 15.6 Å². The minimum atomic E-state index is -4.25. The lowest BCUT2D eigenvalue weighted by Gasteiger charge is -2.36. The van der Waals surface area contributed by atoms with E-state index in [9.17, 15) is 40.8 Å². The molecule has 2 aliphatic heterocycles. The molecule has 4 saturated carbocycles. The molecule has 9 atom stereocenters. The predicted octanol–water partition coefficient (Wildman–Crippen LogP) is 4.54. The summed E-state index contributed by atoms with van der Waals surface area (Å²) in [5.41, 5.74) is -1.97. The first-order valence-corrected chi connectivity index (χ1v) is 21.8. The summed E-state index contributed by atoms with van der Waals surface area (Å²) in [7, 11) is -4.25. The number of alkyl halides is 2. The number of aryl methyl sites for hydroxylation is 1. The standard InChI is InChI=1S/C40H51F3N6O8S/c1-38(2,3)31-35(51)49-19-22(17-29(49)33(50)47-40(18-25(40)32(42)43)36(52)48-58(54,55)39(4)12-13-39)56-34-27(44-26-11-10-21(41)16-28(26)45-34)9-7-5-6-8-23-24-14-20(24)15-30(23)57-37(53)46-31/h10-11,16,20,22-25,29-32H,5-9,12-15,17-19H2,1-4H3,(H,46,53)(H,47,50)(H,48,52)/t20?,22-,23-,24+,25+,29+,30-,31-,40-/m1/s1. The van der Waals surface area contributed by atoms with Crippen LogP contribution in [-0.2, 0) is 35.6 Å². The Hall–Kier alpha value is -4.22. The van der Waals surface area contributed by atoms with E-state index in [0.29, 0.717) is 29.5 Å². The lowest BCUT2D eigenvalue weighted by atomic mass is 9.85. The van der Waals surface area contributed by atoms with Crippen molar-refractivity contribution in [1.29, 1.82) is 0 Å². The van der Waals surface area contributed by atoms with Crippen molar-refractivity contribution < 1.29 is 50.2 Å². The molecule has 14 nitrogen and oxygen atoms in total. The second kappa shape index (κ2) is 14.5. The van der Waals surface area contributed by atoms with E-state index in [1.54, 1.807) is 20.8 Å². The molecule has 2 bridgehead atoms. The number of nitrogens with zero attached hydrogens (tertiary/aromatic N) is 3. The summed E-state index contributed by atoms with van der Waals surface area (Å²) in [4.78, 5) is 66.8. The average molecular weight is 833 g/mol. The Labute approximate surface area is 335 Å². The molecule has 2 aromatic rings. The molecule has 1 saturated heterocycles. The Kier molecular flexibility index (Phi) is 10.1. The number of carbonyl (C=O) groups is 4. The van der Waals surface area contributed by atoms with Crippen LogP contribution in [0.4, 0.5) is 18.0 Å². The Balaban J connectivity index is 1.13. The van der Waals surface area contributed by atoms with Gasteiger partial charge in [-0.3, -0.25) is 19.1 Å². The SMILES string of the molecule is CC(C)(C)[C@@H]1NC(=O)O[C@@H]2CC3C[C@@H]3[C@H]2CCCCCc2nc3ccc(F)cc3nc2O[C@@H]2C[C@@H](C(=O)N[C@]3(C(=O)NS(=O)(=O)C4(C)CC4)C[C@H]3C(F)F)N(C2)C1=O. The zero-order chi connectivity index (χ0) is 41.5. The van der Waals surface area contributed by atoms with Crippen molar-refractivity contribution in [2.75, 3.05) is 6.54 Å². The fourth-order valence-electron chi connectivity index (χ4n) is 9.28. The first-order chi connectivity index (χ1) is 27.3. The summed E-state index contributed by atoms with van der Waals surface area (Å²) >= 11 is 0. The van der Waals surface area contributed by atoms with E-state index >= 15 is 0 Å². The van der Waals surface area contributed by atoms with Gasteiger partial charge in [0.15, 0.2) is 0 Å². The molecule has 1 aromatic carbocycles. The van der Waals surface area contributed by atoms with Gasteiger partial charge < -0.3 is 25.0 Å². The lowest BCUT2D eigenvalue weighted by Crippen LogP contribution is -2.60. The van der Waals surface area contributed by atoms with Crippen LogP contribution in [0.5, 0.6) is 5.88 Å². The largest absolute Gasteiger partial charge is 0.471 e. The van der Waals surface area contributed by atoms with Gasteiger partial charge in [-0.2, -0.15) is 0 Å². The summed E-state index contributed by atoms with van der Waals surface area (Å²) < 4.78 is 82.0. The third-order valence-corrected chi connectivity index (χ3v) is 15.5. The van der Waals surface area contributed by atoms with Crippen molar-refractivity contribution in [3.63, 3.8) is 0 Å². The third-order valence-electron chi connectivity index (χ3n) is 13.3. The van der Waals surface area contributed by atoms with E-state index in [4.69, 9.17) is 14.5 Å². The van der Waals surface area contributed by atoms with Crippen LogP contribution in [-0.4, -0.2) is 94.6 Å².